The van der Waals surface area contributed by atoms with E-state index < -0.39 is 6.10 Å². The minimum absolute atomic E-state index is 0.210. The molecule has 0 fully saturated rings. The maximum absolute atomic E-state index is 10.4. The molecule has 110 valence electrons. The highest BCUT2D eigenvalue weighted by Crippen LogP contribution is 2.43. The van der Waals surface area contributed by atoms with Crippen LogP contribution in [0.25, 0.3) is 0 Å². The third-order valence-corrected chi connectivity index (χ3v) is 4.80. The molecule has 3 rings (SSSR count). The molecule has 0 aromatic heterocycles. The van der Waals surface area contributed by atoms with E-state index in [0.29, 0.717) is 6.42 Å². The first kappa shape index (κ1) is 14.9. The van der Waals surface area contributed by atoms with Gasteiger partial charge in [0.05, 0.1) is 13.2 Å². The van der Waals surface area contributed by atoms with Crippen molar-refractivity contribution in [1.82, 2.24) is 0 Å². The van der Waals surface area contributed by atoms with Crippen LogP contribution in [0.4, 0.5) is 0 Å². The van der Waals surface area contributed by atoms with Crippen LogP contribution in [0.5, 0.6) is 11.5 Å². The third-order valence-electron chi connectivity index (χ3n) is 3.59. The first-order valence-corrected chi connectivity index (χ1v) is 8.14. The van der Waals surface area contributed by atoms with E-state index in [4.69, 9.17) is 9.47 Å². The first-order chi connectivity index (χ1) is 10.1. The monoisotopic (exact) mass is 412 g/mol. The fraction of sp³-hybridized carbons (Fsp3) is 0.250. The Hall–Kier alpha value is -1.04. The zero-order chi connectivity index (χ0) is 15.0. The minimum Gasteiger partial charge on any atom is -0.497 e. The summed E-state index contributed by atoms with van der Waals surface area (Å²) in [5.41, 5.74) is 1.79. The predicted molar refractivity (Wildman–Crippen MR) is 87.8 cm³/mol. The summed E-state index contributed by atoms with van der Waals surface area (Å²) >= 11 is 6.96. The van der Waals surface area contributed by atoms with Crippen LogP contribution in [-0.4, -0.2) is 12.2 Å². The summed E-state index contributed by atoms with van der Waals surface area (Å²) in [6, 6.07) is 11.4. The van der Waals surface area contributed by atoms with E-state index in [1.165, 1.54) is 0 Å². The second-order valence-corrected chi connectivity index (χ2v) is 6.70. The van der Waals surface area contributed by atoms with Gasteiger partial charge in [-0.15, -0.1) is 0 Å². The Kier molecular flexibility index (Phi) is 4.24. The van der Waals surface area contributed by atoms with Crippen molar-refractivity contribution in [1.29, 1.82) is 0 Å². The summed E-state index contributed by atoms with van der Waals surface area (Å²) in [6.07, 6.45) is -0.248. The maximum Gasteiger partial charge on any atom is 0.128 e. The number of benzene rings is 2. The van der Waals surface area contributed by atoms with Crippen LogP contribution in [-0.2, 0) is 0 Å². The molecule has 3 nitrogen and oxygen atoms in total. The molecule has 2 atom stereocenters. The van der Waals surface area contributed by atoms with E-state index in [1.807, 2.05) is 36.4 Å². The molecule has 0 spiro atoms. The zero-order valence-electron chi connectivity index (χ0n) is 11.3. The number of halogens is 2. The molecule has 0 aliphatic carbocycles. The molecule has 1 aliphatic heterocycles. The average molecular weight is 414 g/mol. The van der Waals surface area contributed by atoms with Crippen molar-refractivity contribution in [2.24, 2.45) is 0 Å². The Morgan fingerprint density at radius 3 is 2.71 bits per heavy atom. The normalized spacial score (nSPS) is 20.6. The van der Waals surface area contributed by atoms with Crippen molar-refractivity contribution in [2.45, 2.75) is 18.6 Å². The lowest BCUT2D eigenvalue weighted by Crippen LogP contribution is -2.19. The Balaban J connectivity index is 1.97. The lowest BCUT2D eigenvalue weighted by molar-refractivity contribution is 0.0652. The summed E-state index contributed by atoms with van der Waals surface area (Å²) in [5, 5.41) is 10.4. The number of rotatable bonds is 2. The van der Waals surface area contributed by atoms with Gasteiger partial charge in [0, 0.05) is 26.5 Å². The Morgan fingerprint density at radius 2 is 1.95 bits per heavy atom. The van der Waals surface area contributed by atoms with Crippen molar-refractivity contribution in [3.8, 4) is 11.5 Å². The van der Waals surface area contributed by atoms with Gasteiger partial charge in [-0.2, -0.15) is 0 Å². The summed E-state index contributed by atoms with van der Waals surface area (Å²) in [5.74, 6) is 1.49. The number of fused-ring (bicyclic) bond motifs is 1. The van der Waals surface area contributed by atoms with Crippen molar-refractivity contribution in [3.63, 3.8) is 0 Å². The standard InChI is InChI=1S/C16H14Br2O3/c1-20-10-3-4-13(18)11(7-10)16-8-14(19)12-6-9(17)2-5-15(12)21-16/h2-7,14,16,19H,8H2,1H3/t14-,16?/m0/s1. The van der Waals surface area contributed by atoms with Crippen LogP contribution in [0.1, 0.15) is 29.8 Å². The van der Waals surface area contributed by atoms with Gasteiger partial charge in [0.15, 0.2) is 0 Å². The number of aliphatic hydroxyl groups is 1. The average Bonchev–Trinajstić information content (AvgIpc) is 2.48. The summed E-state index contributed by atoms with van der Waals surface area (Å²) < 4.78 is 13.2. The first-order valence-electron chi connectivity index (χ1n) is 6.56. The van der Waals surface area contributed by atoms with Crippen LogP contribution in [0.15, 0.2) is 45.3 Å². The van der Waals surface area contributed by atoms with Crippen molar-refractivity contribution < 1.29 is 14.6 Å². The van der Waals surface area contributed by atoms with Gasteiger partial charge in [-0.1, -0.05) is 31.9 Å². The van der Waals surface area contributed by atoms with Gasteiger partial charge in [0.2, 0.25) is 0 Å². The molecule has 1 heterocycles. The maximum atomic E-state index is 10.4. The molecule has 2 aromatic carbocycles. The van der Waals surface area contributed by atoms with Crippen molar-refractivity contribution in [2.75, 3.05) is 7.11 Å². The van der Waals surface area contributed by atoms with Crippen LogP contribution in [0.2, 0.25) is 0 Å². The molecule has 1 aliphatic rings. The van der Waals surface area contributed by atoms with Gasteiger partial charge in [-0.25, -0.2) is 0 Å². The number of hydrogen-bond acceptors (Lipinski definition) is 3. The van der Waals surface area contributed by atoms with Crippen LogP contribution in [0.3, 0.4) is 0 Å². The predicted octanol–water partition coefficient (Wildman–Crippen LogP) is 4.78. The molecule has 1 N–H and O–H groups in total. The number of methoxy groups -OCH3 is 1. The van der Waals surface area contributed by atoms with Crippen LogP contribution >= 0.6 is 31.9 Å². The molecule has 21 heavy (non-hydrogen) atoms. The van der Waals surface area contributed by atoms with Gasteiger partial charge >= 0.3 is 0 Å². The lowest BCUT2D eigenvalue weighted by Gasteiger charge is -2.30. The molecular weight excluding hydrogens is 400 g/mol. The molecule has 0 saturated heterocycles. The number of aliphatic hydroxyl groups excluding tert-OH is 1. The van der Waals surface area contributed by atoms with E-state index in [-0.39, 0.29) is 6.10 Å². The molecule has 2 aromatic rings. The minimum atomic E-state index is -0.547. The fourth-order valence-corrected chi connectivity index (χ4v) is 3.38. The fourth-order valence-electron chi connectivity index (χ4n) is 2.50. The topological polar surface area (TPSA) is 38.7 Å². The highest BCUT2D eigenvalue weighted by molar-refractivity contribution is 9.10. The van der Waals surface area contributed by atoms with E-state index >= 15 is 0 Å². The molecule has 0 radical (unpaired) electrons. The molecule has 0 saturated carbocycles. The van der Waals surface area contributed by atoms with Gasteiger partial charge in [0.25, 0.3) is 0 Å². The SMILES string of the molecule is COc1ccc(Br)c(C2C[C@H](O)c3cc(Br)ccc3O2)c1. The van der Waals surface area contributed by atoms with E-state index in [9.17, 15) is 5.11 Å². The molecule has 0 bridgehead atoms. The smallest absolute Gasteiger partial charge is 0.128 e. The molecule has 0 amide bonds. The Bertz CT molecular complexity index is 673. The molecular formula is C16H14Br2O3. The number of ether oxygens (including phenoxy) is 2. The van der Waals surface area contributed by atoms with Gasteiger partial charge in [-0.3, -0.25) is 0 Å². The van der Waals surface area contributed by atoms with Gasteiger partial charge < -0.3 is 14.6 Å². The summed E-state index contributed by atoms with van der Waals surface area (Å²) in [4.78, 5) is 0. The third kappa shape index (κ3) is 2.96. The van der Waals surface area contributed by atoms with Crippen LogP contribution < -0.4 is 9.47 Å². The second kappa shape index (κ2) is 5.99. The quantitative estimate of drug-likeness (QED) is 0.769. The lowest BCUT2D eigenvalue weighted by atomic mass is 9.95. The van der Waals surface area contributed by atoms with Crippen molar-refractivity contribution >= 4 is 31.9 Å². The molecule has 5 heteroatoms. The van der Waals surface area contributed by atoms with E-state index in [1.54, 1.807) is 7.11 Å². The highest BCUT2D eigenvalue weighted by Gasteiger charge is 2.29. The zero-order valence-corrected chi connectivity index (χ0v) is 14.5. The van der Waals surface area contributed by atoms with Crippen molar-refractivity contribution in [3.05, 3.63) is 56.5 Å². The summed E-state index contributed by atoms with van der Waals surface area (Å²) in [6.45, 7) is 0. The summed E-state index contributed by atoms with van der Waals surface area (Å²) in [7, 11) is 1.64. The Morgan fingerprint density at radius 1 is 1.14 bits per heavy atom. The highest BCUT2D eigenvalue weighted by atomic mass is 79.9. The second-order valence-electron chi connectivity index (χ2n) is 4.93. The Labute approximate surface area is 140 Å². The largest absolute Gasteiger partial charge is 0.497 e. The molecule has 1 unspecified atom stereocenters. The number of hydrogen-bond donors (Lipinski definition) is 1. The van der Waals surface area contributed by atoms with E-state index in [0.717, 1.165) is 31.6 Å². The van der Waals surface area contributed by atoms with E-state index in [2.05, 4.69) is 31.9 Å². The van der Waals surface area contributed by atoms with Gasteiger partial charge in [0.1, 0.15) is 17.6 Å². The van der Waals surface area contributed by atoms with Gasteiger partial charge in [-0.05, 0) is 36.4 Å². The van der Waals surface area contributed by atoms with Crippen LogP contribution in [0, 0.1) is 0 Å².